The fraction of sp³-hybridized carbons (Fsp3) is 0.100. The first kappa shape index (κ1) is 16.9. The van der Waals surface area contributed by atoms with Crippen LogP contribution in [0.4, 0.5) is 0 Å². The normalized spacial score (nSPS) is 11.5. The van der Waals surface area contributed by atoms with Crippen molar-refractivity contribution in [3.05, 3.63) is 103 Å². The average Bonchev–Trinajstić information content (AvgIpc) is 2.56. The number of rotatable bonds is 3. The fourth-order valence-electron chi connectivity index (χ4n) is 2.85. The van der Waals surface area contributed by atoms with Crippen molar-refractivity contribution >= 4 is 47.8 Å². The summed E-state index contributed by atoms with van der Waals surface area (Å²) in [6.45, 7) is 2.28. The van der Waals surface area contributed by atoms with Crippen LogP contribution in [0.25, 0.3) is 0 Å². The number of halogens is 3. The summed E-state index contributed by atoms with van der Waals surface area (Å²) in [4.78, 5) is 0. The van der Waals surface area contributed by atoms with E-state index in [0.29, 0.717) is 0 Å². The molecule has 0 fully saturated rings. The SMILES string of the molecule is CC(c1ccc(Br)cc1)(c1ccc(Br)cc1)c1ccc(Br)cc1. The van der Waals surface area contributed by atoms with Gasteiger partial charge in [0.15, 0.2) is 0 Å². The van der Waals surface area contributed by atoms with Crippen LogP contribution in [0, 0.1) is 0 Å². The summed E-state index contributed by atoms with van der Waals surface area (Å²) >= 11 is 10.6. The third-order valence-corrected chi connectivity index (χ3v) is 5.85. The molecule has 0 aliphatic rings. The lowest BCUT2D eigenvalue weighted by atomic mass is 9.71. The fourth-order valence-corrected chi connectivity index (χ4v) is 3.64. The highest BCUT2D eigenvalue weighted by molar-refractivity contribution is 9.11. The molecule has 3 aromatic carbocycles. The van der Waals surface area contributed by atoms with Crippen LogP contribution in [-0.2, 0) is 5.41 Å². The van der Waals surface area contributed by atoms with Gasteiger partial charge in [0.25, 0.3) is 0 Å². The van der Waals surface area contributed by atoms with Crippen LogP contribution in [0.5, 0.6) is 0 Å². The molecule has 3 rings (SSSR count). The maximum atomic E-state index is 3.53. The topological polar surface area (TPSA) is 0 Å². The van der Waals surface area contributed by atoms with Gasteiger partial charge in [0.2, 0.25) is 0 Å². The Labute approximate surface area is 162 Å². The minimum absolute atomic E-state index is 0.206. The Morgan fingerprint density at radius 3 is 0.913 bits per heavy atom. The monoisotopic (exact) mass is 492 g/mol. The van der Waals surface area contributed by atoms with Crippen LogP contribution in [0.3, 0.4) is 0 Å². The minimum atomic E-state index is -0.206. The molecule has 0 unspecified atom stereocenters. The molecule has 0 amide bonds. The summed E-state index contributed by atoms with van der Waals surface area (Å²) < 4.78 is 3.28. The van der Waals surface area contributed by atoms with Crippen molar-refractivity contribution in [2.75, 3.05) is 0 Å². The van der Waals surface area contributed by atoms with Crippen molar-refractivity contribution in [1.82, 2.24) is 0 Å². The molecular formula is C20H15Br3. The van der Waals surface area contributed by atoms with E-state index in [9.17, 15) is 0 Å². The molecule has 0 heterocycles. The van der Waals surface area contributed by atoms with E-state index in [2.05, 4.69) is 128 Å². The van der Waals surface area contributed by atoms with Gasteiger partial charge < -0.3 is 0 Å². The molecule has 23 heavy (non-hydrogen) atoms. The van der Waals surface area contributed by atoms with Gasteiger partial charge in [-0.05, 0) is 60.0 Å². The Morgan fingerprint density at radius 1 is 0.478 bits per heavy atom. The largest absolute Gasteiger partial charge is 0.0567 e. The Bertz CT molecular complexity index is 677. The Morgan fingerprint density at radius 2 is 0.696 bits per heavy atom. The lowest BCUT2D eigenvalue weighted by Gasteiger charge is -2.32. The summed E-state index contributed by atoms with van der Waals surface area (Å²) in [6, 6.07) is 25.7. The van der Waals surface area contributed by atoms with Crippen LogP contribution >= 0.6 is 47.8 Å². The van der Waals surface area contributed by atoms with Gasteiger partial charge in [-0.15, -0.1) is 0 Å². The van der Waals surface area contributed by atoms with E-state index in [-0.39, 0.29) is 5.41 Å². The zero-order valence-corrected chi connectivity index (χ0v) is 17.3. The summed E-state index contributed by atoms with van der Waals surface area (Å²) in [5.41, 5.74) is 3.60. The average molecular weight is 495 g/mol. The highest BCUT2D eigenvalue weighted by Crippen LogP contribution is 2.39. The van der Waals surface area contributed by atoms with Gasteiger partial charge in [0.1, 0.15) is 0 Å². The Balaban J connectivity index is 2.21. The molecule has 3 heteroatoms. The van der Waals surface area contributed by atoms with Gasteiger partial charge in [-0.3, -0.25) is 0 Å². The van der Waals surface area contributed by atoms with E-state index >= 15 is 0 Å². The predicted octanol–water partition coefficient (Wildman–Crippen LogP) is 7.33. The summed E-state index contributed by atoms with van der Waals surface area (Å²) in [5.74, 6) is 0. The van der Waals surface area contributed by atoms with E-state index in [1.807, 2.05) is 0 Å². The molecule has 0 bridgehead atoms. The first-order valence-electron chi connectivity index (χ1n) is 7.28. The molecule has 0 radical (unpaired) electrons. The van der Waals surface area contributed by atoms with E-state index in [1.54, 1.807) is 0 Å². The van der Waals surface area contributed by atoms with Gasteiger partial charge in [-0.2, -0.15) is 0 Å². The van der Waals surface area contributed by atoms with Crippen molar-refractivity contribution in [3.8, 4) is 0 Å². The van der Waals surface area contributed by atoms with E-state index in [0.717, 1.165) is 13.4 Å². The molecular weight excluding hydrogens is 480 g/mol. The first-order valence-corrected chi connectivity index (χ1v) is 9.66. The number of hydrogen-bond acceptors (Lipinski definition) is 0. The summed E-state index contributed by atoms with van der Waals surface area (Å²) in [7, 11) is 0. The first-order chi connectivity index (χ1) is 11.0. The van der Waals surface area contributed by atoms with Crippen LogP contribution in [0.1, 0.15) is 23.6 Å². The second kappa shape index (κ2) is 6.92. The van der Waals surface area contributed by atoms with E-state index < -0.39 is 0 Å². The minimum Gasteiger partial charge on any atom is -0.0567 e. The third-order valence-electron chi connectivity index (χ3n) is 4.26. The van der Waals surface area contributed by atoms with Crippen molar-refractivity contribution in [2.45, 2.75) is 12.3 Å². The molecule has 0 nitrogen and oxygen atoms in total. The quantitative estimate of drug-likeness (QED) is 0.334. The number of benzene rings is 3. The van der Waals surface area contributed by atoms with E-state index in [1.165, 1.54) is 16.7 Å². The zero-order chi connectivity index (χ0) is 16.4. The van der Waals surface area contributed by atoms with Crippen LogP contribution < -0.4 is 0 Å². The van der Waals surface area contributed by atoms with Crippen LogP contribution in [-0.4, -0.2) is 0 Å². The second-order valence-electron chi connectivity index (χ2n) is 5.65. The summed E-state index contributed by atoms with van der Waals surface area (Å²) in [6.07, 6.45) is 0. The van der Waals surface area contributed by atoms with Gasteiger partial charge in [0, 0.05) is 18.8 Å². The highest BCUT2D eigenvalue weighted by Gasteiger charge is 2.31. The summed E-state index contributed by atoms with van der Waals surface area (Å²) in [5, 5.41) is 0. The molecule has 0 saturated carbocycles. The van der Waals surface area contributed by atoms with Crippen molar-refractivity contribution in [2.24, 2.45) is 0 Å². The van der Waals surface area contributed by atoms with Crippen molar-refractivity contribution in [3.63, 3.8) is 0 Å². The lowest BCUT2D eigenvalue weighted by Crippen LogP contribution is -2.25. The second-order valence-corrected chi connectivity index (χ2v) is 8.39. The van der Waals surface area contributed by atoms with Crippen molar-refractivity contribution in [1.29, 1.82) is 0 Å². The lowest BCUT2D eigenvalue weighted by molar-refractivity contribution is 0.692. The van der Waals surface area contributed by atoms with Gasteiger partial charge >= 0.3 is 0 Å². The molecule has 116 valence electrons. The standard InChI is InChI=1S/C20H15Br3/c1-20(14-2-8-17(21)9-3-14,15-4-10-18(22)11-5-15)16-6-12-19(23)13-7-16/h2-13H,1H3. The molecule has 0 atom stereocenters. The molecule has 0 spiro atoms. The van der Waals surface area contributed by atoms with Gasteiger partial charge in [0.05, 0.1) is 0 Å². The Kier molecular flexibility index (Phi) is 5.10. The highest BCUT2D eigenvalue weighted by atomic mass is 79.9. The van der Waals surface area contributed by atoms with Gasteiger partial charge in [-0.25, -0.2) is 0 Å². The molecule has 3 aromatic rings. The third kappa shape index (κ3) is 3.47. The molecule has 0 aromatic heterocycles. The maximum absolute atomic E-state index is 3.53. The number of hydrogen-bond donors (Lipinski definition) is 0. The van der Waals surface area contributed by atoms with Crippen LogP contribution in [0.15, 0.2) is 86.2 Å². The Hall–Kier alpha value is -0.900. The van der Waals surface area contributed by atoms with E-state index in [4.69, 9.17) is 0 Å². The zero-order valence-electron chi connectivity index (χ0n) is 12.6. The molecule has 0 aliphatic heterocycles. The maximum Gasteiger partial charge on any atom is 0.0423 e. The molecule has 0 N–H and O–H groups in total. The smallest absolute Gasteiger partial charge is 0.0423 e. The van der Waals surface area contributed by atoms with Gasteiger partial charge in [-0.1, -0.05) is 84.2 Å². The molecule has 0 aliphatic carbocycles. The predicted molar refractivity (Wildman–Crippen MR) is 108 cm³/mol. The van der Waals surface area contributed by atoms with Crippen molar-refractivity contribution < 1.29 is 0 Å². The molecule has 0 saturated heterocycles. The van der Waals surface area contributed by atoms with Crippen LogP contribution in [0.2, 0.25) is 0 Å².